The molecule has 0 aliphatic rings. The summed E-state index contributed by atoms with van der Waals surface area (Å²) in [5.41, 5.74) is 4.21. The SMILES string of the molecule is C[C@H](NC(=O)Cc1c[nH]c2ccccc12)c1cccc(NC(=O)c2ccccc2)c1. The van der Waals surface area contributed by atoms with E-state index in [1.54, 1.807) is 12.1 Å². The van der Waals surface area contributed by atoms with E-state index in [1.165, 1.54) is 0 Å². The second kappa shape index (κ2) is 8.66. The molecule has 0 fully saturated rings. The molecule has 0 bridgehead atoms. The molecule has 1 atom stereocenters. The van der Waals surface area contributed by atoms with Crippen molar-refractivity contribution >= 4 is 28.4 Å². The number of aromatic amines is 1. The second-order valence-corrected chi connectivity index (χ2v) is 7.27. The summed E-state index contributed by atoms with van der Waals surface area (Å²) in [4.78, 5) is 28.2. The Kier molecular flexibility index (Phi) is 5.61. The Bertz CT molecular complexity index is 1180. The lowest BCUT2D eigenvalue weighted by molar-refractivity contribution is -0.121. The number of hydrogen-bond acceptors (Lipinski definition) is 2. The third-order valence-corrected chi connectivity index (χ3v) is 5.08. The largest absolute Gasteiger partial charge is 0.361 e. The normalized spacial score (nSPS) is 11.8. The Balaban J connectivity index is 1.40. The Morgan fingerprint density at radius 3 is 2.53 bits per heavy atom. The highest BCUT2D eigenvalue weighted by atomic mass is 16.2. The molecule has 1 aromatic heterocycles. The fraction of sp³-hybridized carbons (Fsp3) is 0.120. The van der Waals surface area contributed by atoms with Crippen molar-refractivity contribution < 1.29 is 9.59 Å². The lowest BCUT2D eigenvalue weighted by Gasteiger charge is -2.16. The molecule has 0 aliphatic heterocycles. The highest BCUT2D eigenvalue weighted by molar-refractivity contribution is 6.04. The quantitative estimate of drug-likeness (QED) is 0.435. The van der Waals surface area contributed by atoms with E-state index in [0.717, 1.165) is 22.0 Å². The molecule has 3 N–H and O–H groups in total. The number of anilines is 1. The molecule has 3 aromatic carbocycles. The summed E-state index contributed by atoms with van der Waals surface area (Å²) in [6.45, 7) is 1.94. The summed E-state index contributed by atoms with van der Waals surface area (Å²) in [6.07, 6.45) is 2.19. The summed E-state index contributed by atoms with van der Waals surface area (Å²) in [6, 6.07) is 24.4. The molecule has 0 unspecified atom stereocenters. The van der Waals surface area contributed by atoms with Gasteiger partial charge in [-0.1, -0.05) is 48.5 Å². The lowest BCUT2D eigenvalue weighted by Crippen LogP contribution is -2.28. The maximum atomic E-state index is 12.6. The maximum absolute atomic E-state index is 12.6. The molecular weight excluding hydrogens is 374 g/mol. The summed E-state index contributed by atoms with van der Waals surface area (Å²) in [5.74, 6) is -0.213. The Labute approximate surface area is 175 Å². The number of fused-ring (bicyclic) bond motifs is 1. The minimum absolute atomic E-state index is 0.0500. The molecule has 4 aromatic rings. The van der Waals surface area contributed by atoms with Crippen LogP contribution in [0.2, 0.25) is 0 Å². The first-order valence-electron chi connectivity index (χ1n) is 9.91. The van der Waals surface area contributed by atoms with Crippen LogP contribution in [0.1, 0.15) is 34.5 Å². The van der Waals surface area contributed by atoms with Crippen LogP contribution in [0.5, 0.6) is 0 Å². The van der Waals surface area contributed by atoms with E-state index in [0.29, 0.717) is 17.7 Å². The average molecular weight is 397 g/mol. The fourth-order valence-corrected chi connectivity index (χ4v) is 3.51. The van der Waals surface area contributed by atoms with Crippen LogP contribution in [0.15, 0.2) is 85.1 Å². The van der Waals surface area contributed by atoms with Crippen molar-refractivity contribution in [2.75, 3.05) is 5.32 Å². The number of carbonyl (C=O) groups is 2. The third-order valence-electron chi connectivity index (χ3n) is 5.08. The van der Waals surface area contributed by atoms with Gasteiger partial charge in [0.05, 0.1) is 12.5 Å². The number of carbonyl (C=O) groups excluding carboxylic acids is 2. The zero-order valence-electron chi connectivity index (χ0n) is 16.7. The smallest absolute Gasteiger partial charge is 0.255 e. The van der Waals surface area contributed by atoms with Crippen LogP contribution in [0.4, 0.5) is 5.69 Å². The summed E-state index contributed by atoms with van der Waals surface area (Å²) >= 11 is 0. The molecule has 0 saturated heterocycles. The van der Waals surface area contributed by atoms with Gasteiger partial charge in [-0.05, 0) is 48.4 Å². The van der Waals surface area contributed by atoms with E-state index in [1.807, 2.05) is 79.9 Å². The number of hydrogen-bond donors (Lipinski definition) is 3. The van der Waals surface area contributed by atoms with Gasteiger partial charge < -0.3 is 15.6 Å². The van der Waals surface area contributed by atoms with Crippen molar-refractivity contribution in [3.63, 3.8) is 0 Å². The first-order valence-corrected chi connectivity index (χ1v) is 9.91. The van der Waals surface area contributed by atoms with Crippen molar-refractivity contribution in [1.82, 2.24) is 10.3 Å². The van der Waals surface area contributed by atoms with Crippen molar-refractivity contribution in [1.29, 1.82) is 0 Å². The van der Waals surface area contributed by atoms with Crippen molar-refractivity contribution in [2.45, 2.75) is 19.4 Å². The van der Waals surface area contributed by atoms with Crippen LogP contribution >= 0.6 is 0 Å². The molecule has 5 nitrogen and oxygen atoms in total. The van der Waals surface area contributed by atoms with Gasteiger partial charge in [0.1, 0.15) is 0 Å². The Morgan fingerprint density at radius 1 is 0.933 bits per heavy atom. The van der Waals surface area contributed by atoms with Gasteiger partial charge in [0.15, 0.2) is 0 Å². The first kappa shape index (κ1) is 19.5. The van der Waals surface area contributed by atoms with Gasteiger partial charge in [0.25, 0.3) is 5.91 Å². The average Bonchev–Trinajstić information content (AvgIpc) is 3.17. The number of H-pyrrole nitrogens is 1. The second-order valence-electron chi connectivity index (χ2n) is 7.27. The maximum Gasteiger partial charge on any atom is 0.255 e. The van der Waals surface area contributed by atoms with Gasteiger partial charge in [-0.25, -0.2) is 0 Å². The van der Waals surface area contributed by atoms with Crippen LogP contribution < -0.4 is 10.6 Å². The number of amides is 2. The zero-order chi connectivity index (χ0) is 20.9. The van der Waals surface area contributed by atoms with Gasteiger partial charge >= 0.3 is 0 Å². The summed E-state index contributed by atoms with van der Waals surface area (Å²) in [5, 5.41) is 7.01. The van der Waals surface area contributed by atoms with Crippen LogP contribution in [-0.4, -0.2) is 16.8 Å². The first-order chi connectivity index (χ1) is 14.6. The van der Waals surface area contributed by atoms with Crippen LogP contribution in [0, 0.1) is 0 Å². The minimum atomic E-state index is -0.184. The van der Waals surface area contributed by atoms with Gasteiger partial charge in [-0.3, -0.25) is 9.59 Å². The van der Waals surface area contributed by atoms with Gasteiger partial charge in [-0.15, -0.1) is 0 Å². The predicted molar refractivity (Wildman–Crippen MR) is 119 cm³/mol. The topological polar surface area (TPSA) is 74.0 Å². The van der Waals surface area contributed by atoms with E-state index < -0.39 is 0 Å². The zero-order valence-corrected chi connectivity index (χ0v) is 16.7. The van der Waals surface area contributed by atoms with Crippen molar-refractivity contribution in [2.24, 2.45) is 0 Å². The van der Waals surface area contributed by atoms with E-state index in [4.69, 9.17) is 0 Å². The number of nitrogens with one attached hydrogen (secondary N) is 3. The molecule has 5 heteroatoms. The minimum Gasteiger partial charge on any atom is -0.361 e. The lowest BCUT2D eigenvalue weighted by atomic mass is 10.1. The molecule has 0 spiro atoms. The van der Waals surface area contributed by atoms with Crippen LogP contribution in [0.3, 0.4) is 0 Å². The van der Waals surface area contributed by atoms with Gasteiger partial charge in [-0.2, -0.15) is 0 Å². The molecule has 4 rings (SSSR count). The Hall–Kier alpha value is -3.86. The molecular formula is C25H23N3O2. The number of benzene rings is 3. The van der Waals surface area contributed by atoms with Crippen molar-refractivity contribution in [3.8, 4) is 0 Å². The molecule has 0 radical (unpaired) electrons. The number of para-hydroxylation sites is 1. The van der Waals surface area contributed by atoms with E-state index in [9.17, 15) is 9.59 Å². The van der Waals surface area contributed by atoms with E-state index in [-0.39, 0.29) is 17.9 Å². The van der Waals surface area contributed by atoms with E-state index in [2.05, 4.69) is 15.6 Å². The number of rotatable bonds is 6. The highest BCUT2D eigenvalue weighted by Gasteiger charge is 2.13. The molecule has 150 valence electrons. The fourth-order valence-electron chi connectivity index (χ4n) is 3.51. The highest BCUT2D eigenvalue weighted by Crippen LogP contribution is 2.20. The Morgan fingerprint density at radius 2 is 1.70 bits per heavy atom. The third kappa shape index (κ3) is 4.41. The molecule has 0 saturated carbocycles. The van der Waals surface area contributed by atoms with Crippen molar-refractivity contribution in [3.05, 3.63) is 102 Å². The molecule has 2 amide bonds. The monoisotopic (exact) mass is 397 g/mol. The predicted octanol–water partition coefficient (Wildman–Crippen LogP) is 4.84. The summed E-state index contributed by atoms with van der Waals surface area (Å²) in [7, 11) is 0. The molecule has 0 aliphatic carbocycles. The van der Waals surface area contributed by atoms with E-state index >= 15 is 0 Å². The van der Waals surface area contributed by atoms with Crippen LogP contribution in [0.25, 0.3) is 10.9 Å². The molecule has 1 heterocycles. The van der Waals surface area contributed by atoms with Gasteiger partial charge in [0.2, 0.25) is 5.91 Å². The summed E-state index contributed by atoms with van der Waals surface area (Å²) < 4.78 is 0. The number of aromatic nitrogens is 1. The van der Waals surface area contributed by atoms with Gasteiger partial charge in [0, 0.05) is 28.4 Å². The standard InChI is InChI=1S/C25H23N3O2/c1-17(27-24(29)15-20-16-26-23-13-6-5-12-22(20)23)19-10-7-11-21(14-19)28-25(30)18-8-3-2-4-9-18/h2-14,16-17,26H,15H2,1H3,(H,27,29)(H,28,30)/t17-/m0/s1. The molecule has 30 heavy (non-hydrogen) atoms. The van der Waals surface area contributed by atoms with Crippen LogP contribution in [-0.2, 0) is 11.2 Å².